The predicted octanol–water partition coefficient (Wildman–Crippen LogP) is 7.95. The fourth-order valence-corrected chi connectivity index (χ4v) is 7.39. The molecule has 0 fully saturated rings. The molecule has 1 atom stereocenters. The van der Waals surface area contributed by atoms with E-state index in [-0.39, 0.29) is 16.4 Å². The van der Waals surface area contributed by atoms with Crippen LogP contribution in [0.5, 0.6) is 17.2 Å². The molecule has 0 unspecified atom stereocenters. The van der Waals surface area contributed by atoms with E-state index >= 15 is 0 Å². The average molecular weight is 729 g/mol. The third-order valence-electron chi connectivity index (χ3n) is 8.21. The maximum atomic E-state index is 14.8. The van der Waals surface area contributed by atoms with E-state index in [0.29, 0.717) is 45.3 Å². The highest BCUT2D eigenvalue weighted by Crippen LogP contribution is 2.47. The minimum absolute atomic E-state index is 0.0420. The Balaban J connectivity index is 1.55. The summed E-state index contributed by atoms with van der Waals surface area (Å²) in [6.45, 7) is 2.39. The van der Waals surface area contributed by atoms with Crippen LogP contribution in [0.3, 0.4) is 0 Å². The third kappa shape index (κ3) is 6.43. The summed E-state index contributed by atoms with van der Waals surface area (Å²) in [6.07, 6.45) is -0.665. The van der Waals surface area contributed by atoms with Crippen LogP contribution in [0.1, 0.15) is 33.2 Å². The lowest BCUT2D eigenvalue weighted by atomic mass is 9.98. The Morgan fingerprint density at radius 1 is 0.792 bits per heavy atom. The molecular formula is C37H34BrN3O6S. The molecule has 1 N–H and O–H groups in total. The van der Waals surface area contributed by atoms with Gasteiger partial charge in [0.25, 0.3) is 15.9 Å². The van der Waals surface area contributed by atoms with Gasteiger partial charge in [0.05, 0.1) is 37.5 Å². The first-order chi connectivity index (χ1) is 23.1. The molecule has 0 spiro atoms. The SMILES string of the molecule is COc1ccc(NS(=O)(=O)c2ccc3c(c2)C(=O)N(c2ccc(C)cc2)[C@@H](c2cc(OC)c(OC)cc2Br)N3Cc2ccccc2)cc1. The van der Waals surface area contributed by atoms with Crippen molar-refractivity contribution in [2.24, 2.45) is 0 Å². The standard InChI is InChI=1S/C37H34BrN3O6S/c1-24-10-14-27(15-11-24)41-36(30-21-34(46-3)35(47-4)22-32(30)38)40(23-25-8-6-5-7-9-25)33-19-18-29(20-31(33)37(41)42)48(43,44)39-26-12-16-28(45-2)17-13-26/h5-22,36,39H,23H2,1-4H3/t36-/m0/s1. The first-order valence-corrected chi connectivity index (χ1v) is 17.3. The molecule has 1 amide bonds. The first-order valence-electron chi connectivity index (χ1n) is 15.1. The molecular weight excluding hydrogens is 694 g/mol. The van der Waals surface area contributed by atoms with Crippen molar-refractivity contribution in [3.8, 4) is 17.2 Å². The lowest BCUT2D eigenvalue weighted by molar-refractivity contribution is 0.0967. The normalized spacial score (nSPS) is 14.4. The highest BCUT2D eigenvalue weighted by Gasteiger charge is 2.41. The molecule has 1 aliphatic heterocycles. The Bertz CT molecular complexity index is 2060. The molecule has 0 aliphatic carbocycles. The predicted molar refractivity (Wildman–Crippen MR) is 191 cm³/mol. The monoisotopic (exact) mass is 727 g/mol. The second-order valence-electron chi connectivity index (χ2n) is 11.2. The van der Waals surface area contributed by atoms with Gasteiger partial charge in [-0.1, -0.05) is 64.0 Å². The summed E-state index contributed by atoms with van der Waals surface area (Å²) in [5.74, 6) is 1.28. The summed E-state index contributed by atoms with van der Waals surface area (Å²) >= 11 is 3.75. The number of ether oxygens (including phenoxy) is 3. The van der Waals surface area contributed by atoms with Gasteiger partial charge in [0.1, 0.15) is 11.9 Å². The molecule has 0 bridgehead atoms. The van der Waals surface area contributed by atoms with Crippen molar-refractivity contribution >= 4 is 48.9 Å². The van der Waals surface area contributed by atoms with Crippen LogP contribution in [0.15, 0.2) is 119 Å². The molecule has 11 heteroatoms. The zero-order valence-corrected chi connectivity index (χ0v) is 29.2. The van der Waals surface area contributed by atoms with Crippen LogP contribution in [-0.4, -0.2) is 35.7 Å². The first kappa shape index (κ1) is 32.9. The van der Waals surface area contributed by atoms with Gasteiger partial charge >= 0.3 is 0 Å². The summed E-state index contributed by atoms with van der Waals surface area (Å²) in [5.41, 5.74) is 4.63. The summed E-state index contributed by atoms with van der Waals surface area (Å²) in [6, 6.07) is 32.5. The third-order valence-corrected chi connectivity index (χ3v) is 10.3. The van der Waals surface area contributed by atoms with Crippen LogP contribution in [0.4, 0.5) is 17.1 Å². The molecule has 246 valence electrons. The van der Waals surface area contributed by atoms with Crippen LogP contribution < -0.4 is 28.7 Å². The number of rotatable bonds is 10. The molecule has 1 aliphatic rings. The van der Waals surface area contributed by atoms with E-state index in [0.717, 1.165) is 16.7 Å². The molecule has 0 saturated heterocycles. The van der Waals surface area contributed by atoms with Crippen molar-refractivity contribution in [2.75, 3.05) is 35.9 Å². The molecule has 48 heavy (non-hydrogen) atoms. The van der Waals surface area contributed by atoms with Crippen molar-refractivity contribution < 1.29 is 27.4 Å². The van der Waals surface area contributed by atoms with Crippen molar-refractivity contribution in [2.45, 2.75) is 24.5 Å². The number of nitrogens with one attached hydrogen (secondary N) is 1. The number of aryl methyl sites for hydroxylation is 1. The number of hydrogen-bond acceptors (Lipinski definition) is 7. The van der Waals surface area contributed by atoms with E-state index in [1.165, 1.54) is 12.1 Å². The van der Waals surface area contributed by atoms with Gasteiger partial charge in [0.15, 0.2) is 11.5 Å². The number of carbonyl (C=O) groups excluding carboxylic acids is 1. The minimum atomic E-state index is -4.06. The number of methoxy groups -OCH3 is 3. The number of halogens is 1. The average Bonchev–Trinajstić information content (AvgIpc) is 3.10. The molecule has 0 saturated carbocycles. The Morgan fingerprint density at radius 2 is 1.46 bits per heavy atom. The molecule has 5 aromatic carbocycles. The zero-order valence-electron chi connectivity index (χ0n) is 26.8. The van der Waals surface area contributed by atoms with Crippen LogP contribution in [0.2, 0.25) is 0 Å². The lowest BCUT2D eigenvalue weighted by Crippen LogP contribution is -2.49. The molecule has 9 nitrogen and oxygen atoms in total. The van der Waals surface area contributed by atoms with Crippen LogP contribution >= 0.6 is 15.9 Å². The van der Waals surface area contributed by atoms with Gasteiger partial charge in [-0.15, -0.1) is 0 Å². The maximum absolute atomic E-state index is 14.8. The van der Waals surface area contributed by atoms with Gasteiger partial charge in [-0.3, -0.25) is 14.4 Å². The van der Waals surface area contributed by atoms with Gasteiger partial charge < -0.3 is 19.1 Å². The quantitative estimate of drug-likeness (QED) is 0.156. The summed E-state index contributed by atoms with van der Waals surface area (Å²) in [7, 11) is 0.616. The van der Waals surface area contributed by atoms with Gasteiger partial charge in [0.2, 0.25) is 0 Å². The van der Waals surface area contributed by atoms with Gasteiger partial charge in [-0.2, -0.15) is 0 Å². The molecule has 0 radical (unpaired) electrons. The van der Waals surface area contributed by atoms with Gasteiger partial charge in [-0.05, 0) is 79.2 Å². The Kier molecular flexibility index (Phi) is 9.34. The topological polar surface area (TPSA) is 97.4 Å². The minimum Gasteiger partial charge on any atom is -0.497 e. The van der Waals surface area contributed by atoms with Crippen molar-refractivity contribution in [3.05, 3.63) is 136 Å². The molecule has 5 aromatic rings. The number of sulfonamides is 1. The molecule has 1 heterocycles. The van der Waals surface area contributed by atoms with E-state index in [1.54, 1.807) is 56.6 Å². The van der Waals surface area contributed by atoms with E-state index in [9.17, 15) is 13.2 Å². The van der Waals surface area contributed by atoms with E-state index < -0.39 is 16.2 Å². The summed E-state index contributed by atoms with van der Waals surface area (Å²) in [4.78, 5) is 18.5. The maximum Gasteiger partial charge on any atom is 0.262 e. The fourth-order valence-electron chi connectivity index (χ4n) is 5.78. The number of fused-ring (bicyclic) bond motifs is 1. The fraction of sp³-hybridized carbons (Fsp3) is 0.162. The molecule has 0 aromatic heterocycles. The number of anilines is 3. The Morgan fingerprint density at radius 3 is 2.10 bits per heavy atom. The number of amides is 1. The summed E-state index contributed by atoms with van der Waals surface area (Å²) < 4.78 is 47.1. The van der Waals surface area contributed by atoms with E-state index in [1.807, 2.05) is 73.7 Å². The highest BCUT2D eigenvalue weighted by atomic mass is 79.9. The lowest BCUT2D eigenvalue weighted by Gasteiger charge is -2.46. The number of benzene rings is 5. The van der Waals surface area contributed by atoms with Crippen molar-refractivity contribution in [3.63, 3.8) is 0 Å². The molecule has 6 rings (SSSR count). The van der Waals surface area contributed by atoms with Gasteiger partial charge in [0, 0.05) is 28.0 Å². The second kappa shape index (κ2) is 13.6. The van der Waals surface area contributed by atoms with Crippen molar-refractivity contribution in [1.82, 2.24) is 0 Å². The zero-order chi connectivity index (χ0) is 34.0. The number of nitrogens with zero attached hydrogens (tertiary/aromatic N) is 2. The Hall–Kier alpha value is -5.00. The smallest absolute Gasteiger partial charge is 0.262 e. The summed E-state index contributed by atoms with van der Waals surface area (Å²) in [5, 5.41) is 0. The van der Waals surface area contributed by atoms with Crippen LogP contribution in [-0.2, 0) is 16.6 Å². The van der Waals surface area contributed by atoms with Gasteiger partial charge in [-0.25, -0.2) is 8.42 Å². The highest BCUT2D eigenvalue weighted by molar-refractivity contribution is 9.10. The van der Waals surface area contributed by atoms with Crippen molar-refractivity contribution in [1.29, 1.82) is 0 Å². The van der Waals surface area contributed by atoms with Crippen LogP contribution in [0.25, 0.3) is 0 Å². The largest absolute Gasteiger partial charge is 0.497 e. The second-order valence-corrected chi connectivity index (χ2v) is 13.8. The van der Waals surface area contributed by atoms with Crippen LogP contribution in [0, 0.1) is 6.92 Å². The number of carbonyl (C=O) groups is 1. The number of hydrogen-bond donors (Lipinski definition) is 1. The Labute approximate surface area is 288 Å². The van der Waals surface area contributed by atoms with E-state index in [4.69, 9.17) is 14.2 Å². The van der Waals surface area contributed by atoms with E-state index in [2.05, 4.69) is 25.6 Å².